The van der Waals surface area contributed by atoms with Crippen molar-refractivity contribution in [2.45, 2.75) is 46.8 Å². The summed E-state index contributed by atoms with van der Waals surface area (Å²) >= 11 is 1.17. The number of fused-ring (bicyclic) bond motifs is 1. The fourth-order valence-electron chi connectivity index (χ4n) is 4.59. The standard InChI is InChI=1S/C31H34N2O8S/c1-7-38-25(34)17-40-28-20(12-11-15-23(28)37-6)16-24-29(35)33-27(21-13-9-10-14-22(21)41-18(3)4)26(30(36)39-8-2)19(5)32-31(33)42-24/h9-16,18,27H,7-8,17H2,1-6H3/b24-16-/t27-/m1/s1. The number of hydrogen-bond acceptors (Lipinski definition) is 10. The number of carbonyl (C=O) groups is 2. The third-order valence-corrected chi connectivity index (χ3v) is 7.23. The molecule has 0 unspecified atom stereocenters. The number of carbonyl (C=O) groups excluding carboxylic acids is 2. The molecule has 1 atom stereocenters. The first-order valence-corrected chi connectivity index (χ1v) is 14.4. The summed E-state index contributed by atoms with van der Waals surface area (Å²) in [7, 11) is 1.49. The molecule has 0 radical (unpaired) electrons. The van der Waals surface area contributed by atoms with Crippen molar-refractivity contribution in [3.05, 3.63) is 84.5 Å². The Hall–Kier alpha value is -4.38. The van der Waals surface area contributed by atoms with Gasteiger partial charge in [-0.2, -0.15) is 0 Å². The van der Waals surface area contributed by atoms with E-state index in [1.54, 1.807) is 45.0 Å². The number of allylic oxidation sites excluding steroid dienone is 1. The maximum Gasteiger partial charge on any atom is 0.344 e. The molecule has 222 valence electrons. The van der Waals surface area contributed by atoms with Gasteiger partial charge in [-0.3, -0.25) is 9.36 Å². The molecule has 2 heterocycles. The predicted molar refractivity (Wildman–Crippen MR) is 158 cm³/mol. The van der Waals surface area contributed by atoms with Crippen LogP contribution in [0.5, 0.6) is 17.2 Å². The molecule has 10 nitrogen and oxygen atoms in total. The van der Waals surface area contributed by atoms with E-state index in [2.05, 4.69) is 4.99 Å². The van der Waals surface area contributed by atoms with Gasteiger partial charge in [0.2, 0.25) is 0 Å². The summed E-state index contributed by atoms with van der Waals surface area (Å²) < 4.78 is 29.5. The van der Waals surface area contributed by atoms with Crippen molar-refractivity contribution in [2.24, 2.45) is 4.99 Å². The Morgan fingerprint density at radius 2 is 1.76 bits per heavy atom. The lowest BCUT2D eigenvalue weighted by Gasteiger charge is -2.26. The first-order valence-electron chi connectivity index (χ1n) is 13.6. The van der Waals surface area contributed by atoms with Crippen molar-refractivity contribution in [3.8, 4) is 17.2 Å². The van der Waals surface area contributed by atoms with Crippen LogP contribution >= 0.6 is 11.3 Å². The van der Waals surface area contributed by atoms with Gasteiger partial charge in [0, 0.05) is 11.1 Å². The molecule has 42 heavy (non-hydrogen) atoms. The van der Waals surface area contributed by atoms with Crippen LogP contribution in [-0.2, 0) is 19.1 Å². The highest BCUT2D eigenvalue weighted by Gasteiger charge is 2.35. The number of thiazole rings is 1. The number of methoxy groups -OCH3 is 1. The van der Waals surface area contributed by atoms with Crippen LogP contribution in [0.15, 0.2) is 63.5 Å². The highest BCUT2D eigenvalue weighted by atomic mass is 32.1. The van der Waals surface area contributed by atoms with Gasteiger partial charge < -0.3 is 23.7 Å². The summed E-state index contributed by atoms with van der Waals surface area (Å²) in [6.45, 7) is 9.04. The first kappa shape index (κ1) is 30.6. The van der Waals surface area contributed by atoms with Gasteiger partial charge in [-0.1, -0.05) is 41.7 Å². The van der Waals surface area contributed by atoms with Crippen molar-refractivity contribution in [1.82, 2.24) is 4.57 Å². The van der Waals surface area contributed by atoms with Crippen LogP contribution < -0.4 is 29.1 Å². The average Bonchev–Trinajstić information content (AvgIpc) is 3.25. The quantitative estimate of drug-likeness (QED) is 0.310. The van der Waals surface area contributed by atoms with Crippen LogP contribution in [0.2, 0.25) is 0 Å². The van der Waals surface area contributed by atoms with Crippen LogP contribution in [0.1, 0.15) is 51.8 Å². The summed E-state index contributed by atoms with van der Waals surface area (Å²) in [5.74, 6) is 0.136. The molecule has 0 fully saturated rings. The molecule has 1 aliphatic rings. The molecule has 1 aliphatic heterocycles. The Bertz CT molecular complexity index is 1690. The van der Waals surface area contributed by atoms with Crippen LogP contribution in [0.3, 0.4) is 0 Å². The minimum atomic E-state index is -0.831. The van der Waals surface area contributed by atoms with Gasteiger partial charge in [-0.05, 0) is 52.8 Å². The lowest BCUT2D eigenvalue weighted by molar-refractivity contribution is -0.145. The molecule has 3 aromatic rings. The number of hydrogen-bond donors (Lipinski definition) is 0. The molecule has 0 saturated heterocycles. The Morgan fingerprint density at radius 3 is 2.45 bits per heavy atom. The maximum atomic E-state index is 14.1. The largest absolute Gasteiger partial charge is 0.493 e. The zero-order valence-corrected chi connectivity index (χ0v) is 25.3. The van der Waals surface area contributed by atoms with Gasteiger partial charge in [0.15, 0.2) is 22.9 Å². The van der Waals surface area contributed by atoms with Crippen molar-refractivity contribution in [2.75, 3.05) is 26.9 Å². The van der Waals surface area contributed by atoms with E-state index < -0.39 is 18.0 Å². The summed E-state index contributed by atoms with van der Waals surface area (Å²) in [5.41, 5.74) is 1.50. The van der Waals surface area contributed by atoms with E-state index in [1.807, 2.05) is 38.1 Å². The minimum absolute atomic E-state index is 0.140. The summed E-state index contributed by atoms with van der Waals surface area (Å²) in [6, 6.07) is 11.7. The Balaban J connectivity index is 1.92. The summed E-state index contributed by atoms with van der Waals surface area (Å²) in [4.78, 5) is 44.4. The van der Waals surface area contributed by atoms with Gasteiger partial charge in [-0.15, -0.1) is 0 Å². The normalized spacial score (nSPS) is 14.7. The third kappa shape index (κ3) is 6.41. The molecule has 0 spiro atoms. The molecular weight excluding hydrogens is 560 g/mol. The van der Waals surface area contributed by atoms with Crippen LogP contribution in [0.4, 0.5) is 0 Å². The van der Waals surface area contributed by atoms with Gasteiger partial charge in [0.1, 0.15) is 11.8 Å². The molecule has 1 aromatic heterocycles. The average molecular weight is 595 g/mol. The fourth-order valence-corrected chi connectivity index (χ4v) is 5.63. The molecule has 0 amide bonds. The molecule has 4 rings (SSSR count). The lowest BCUT2D eigenvalue weighted by Crippen LogP contribution is -2.40. The smallest absolute Gasteiger partial charge is 0.344 e. The molecular formula is C31H34N2O8S. The third-order valence-electron chi connectivity index (χ3n) is 6.25. The molecule has 0 saturated carbocycles. The van der Waals surface area contributed by atoms with Crippen molar-refractivity contribution >= 4 is 29.4 Å². The van der Waals surface area contributed by atoms with Gasteiger partial charge in [-0.25, -0.2) is 14.6 Å². The molecule has 11 heteroatoms. The highest BCUT2D eigenvalue weighted by molar-refractivity contribution is 7.07. The topological polar surface area (TPSA) is 115 Å². The van der Waals surface area contributed by atoms with E-state index in [9.17, 15) is 14.4 Å². The zero-order chi connectivity index (χ0) is 30.4. The number of aromatic nitrogens is 1. The number of para-hydroxylation sites is 2. The second-order valence-electron chi connectivity index (χ2n) is 9.48. The van der Waals surface area contributed by atoms with Crippen LogP contribution in [0.25, 0.3) is 6.08 Å². The van der Waals surface area contributed by atoms with Crippen LogP contribution in [-0.4, -0.2) is 49.5 Å². The molecule has 0 bridgehead atoms. The van der Waals surface area contributed by atoms with Crippen LogP contribution in [0, 0.1) is 0 Å². The zero-order valence-electron chi connectivity index (χ0n) is 24.5. The van der Waals surface area contributed by atoms with E-state index in [-0.39, 0.29) is 42.8 Å². The number of ether oxygens (including phenoxy) is 5. The second-order valence-corrected chi connectivity index (χ2v) is 10.5. The van der Waals surface area contributed by atoms with Gasteiger partial charge in [0.25, 0.3) is 5.56 Å². The van der Waals surface area contributed by atoms with Crippen molar-refractivity contribution in [3.63, 3.8) is 0 Å². The second kappa shape index (κ2) is 13.5. The van der Waals surface area contributed by atoms with Gasteiger partial charge >= 0.3 is 11.9 Å². The number of benzene rings is 2. The molecule has 2 aromatic carbocycles. The van der Waals surface area contributed by atoms with E-state index in [0.29, 0.717) is 37.7 Å². The Labute approximate surface area is 247 Å². The van der Waals surface area contributed by atoms with E-state index in [1.165, 1.54) is 23.0 Å². The Morgan fingerprint density at radius 1 is 1.05 bits per heavy atom. The first-order chi connectivity index (χ1) is 20.2. The number of nitrogens with zero attached hydrogens (tertiary/aromatic N) is 2. The lowest BCUT2D eigenvalue weighted by atomic mass is 9.95. The number of esters is 2. The highest BCUT2D eigenvalue weighted by Crippen LogP contribution is 2.36. The minimum Gasteiger partial charge on any atom is -0.493 e. The monoisotopic (exact) mass is 594 g/mol. The SMILES string of the molecule is CCOC(=O)COc1c(/C=c2\sc3n(c2=O)[C@H](c2ccccc2OC(C)C)C(C(=O)OCC)=C(C)N=3)cccc1OC. The summed E-state index contributed by atoms with van der Waals surface area (Å²) in [6.07, 6.45) is 1.52. The maximum absolute atomic E-state index is 14.1. The van der Waals surface area contributed by atoms with Crippen molar-refractivity contribution < 1.29 is 33.3 Å². The molecule has 0 aliphatic carbocycles. The fraction of sp³-hybridized carbons (Fsp3) is 0.355. The molecule has 0 N–H and O–H groups in total. The van der Waals surface area contributed by atoms with Gasteiger partial charge in [0.05, 0.1) is 42.2 Å². The van der Waals surface area contributed by atoms with Crippen molar-refractivity contribution in [1.29, 1.82) is 0 Å². The Kier molecular flexibility index (Phi) is 9.84. The van der Waals surface area contributed by atoms with E-state index in [4.69, 9.17) is 23.7 Å². The number of rotatable bonds is 11. The van der Waals surface area contributed by atoms with E-state index >= 15 is 0 Å². The van der Waals surface area contributed by atoms with E-state index in [0.717, 1.165) is 0 Å². The predicted octanol–water partition coefficient (Wildman–Crippen LogP) is 3.54. The summed E-state index contributed by atoms with van der Waals surface area (Å²) in [5, 5.41) is 0.